The lowest BCUT2D eigenvalue weighted by molar-refractivity contribution is 0.640. The zero-order valence-electron chi connectivity index (χ0n) is 50.2. The molecule has 0 unspecified atom stereocenters. The van der Waals surface area contributed by atoms with Crippen LogP contribution in [0.15, 0.2) is 279 Å². The van der Waals surface area contributed by atoms with Crippen molar-refractivity contribution in [1.29, 1.82) is 0 Å². The van der Waals surface area contributed by atoms with Gasteiger partial charge in [0.2, 0.25) is 0 Å². The van der Waals surface area contributed by atoms with E-state index in [9.17, 15) is 0 Å². The van der Waals surface area contributed by atoms with Crippen molar-refractivity contribution in [3.8, 4) is 21.1 Å². The molecule has 0 fully saturated rings. The Bertz CT molecular complexity index is 3910. The minimum Gasteiger partial charge on any atom is -0.307 e. The lowest BCUT2D eigenvalue weighted by Gasteiger charge is -2.32. The average Bonchev–Trinajstić information content (AvgIpc) is 1.55. The Hall–Kier alpha value is -9.20. The second-order valence-electron chi connectivity index (χ2n) is 24.6. The molecule has 0 saturated carbocycles. The second kappa shape index (κ2) is 22.7. The molecule has 0 bridgehead atoms. The van der Waals surface area contributed by atoms with Crippen molar-refractivity contribution in [3.05, 3.63) is 324 Å². The minimum atomic E-state index is -0.242. The van der Waals surface area contributed by atoms with Crippen LogP contribution in [0.3, 0.4) is 0 Å². The molecule has 2 aromatic heterocycles. The third kappa shape index (κ3) is 10.3. The van der Waals surface area contributed by atoms with E-state index in [0.717, 1.165) is 75.7 Å². The summed E-state index contributed by atoms with van der Waals surface area (Å²) in [5, 5.41) is 1.87. The molecule has 4 nitrogen and oxygen atoms in total. The Morgan fingerprint density at radius 2 is 0.442 bits per heavy atom. The number of benzene rings is 11. The van der Waals surface area contributed by atoms with Crippen molar-refractivity contribution < 1.29 is 0 Å². The smallest absolute Gasteiger partial charge is 0.124 e. The second-order valence-corrected chi connectivity index (χ2v) is 26.6. The standard InChI is InChI=1S/C80H70N4S2/c1-77(2,57-31-19-11-20-32-57)61-39-47-65(48-40-61)83(66-49-41-62(42-50-66)78(3,4)58-33-21-12-22-34-58)71-69-74(86-75(81-69)55-27-15-9-16-28-55)72(70-73(71)85-76(82-70)56-29-17-10-18-30-56)84(67-51-43-63(44-52-67)79(5,6)59-35-23-13-24-36-59)68-53-45-64(46-54-68)80(7,8)60-37-25-14-26-38-60/h9-54H,1-8H3. The number of aromatic nitrogens is 2. The van der Waals surface area contributed by atoms with Crippen molar-refractivity contribution in [2.24, 2.45) is 0 Å². The van der Waals surface area contributed by atoms with Crippen LogP contribution in [0, 0.1) is 0 Å². The van der Waals surface area contributed by atoms with Gasteiger partial charge in [0.05, 0.1) is 20.8 Å². The van der Waals surface area contributed by atoms with Crippen molar-refractivity contribution in [3.63, 3.8) is 0 Å². The first-order valence-electron chi connectivity index (χ1n) is 29.8. The van der Waals surface area contributed by atoms with Gasteiger partial charge in [0.1, 0.15) is 21.0 Å². The molecule has 422 valence electrons. The van der Waals surface area contributed by atoms with Crippen LogP contribution in [0.5, 0.6) is 0 Å². The summed E-state index contributed by atoms with van der Waals surface area (Å²) in [6.45, 7) is 18.5. The van der Waals surface area contributed by atoms with Gasteiger partial charge in [-0.15, -0.1) is 22.7 Å². The van der Waals surface area contributed by atoms with Gasteiger partial charge in [-0.05, 0) is 93.0 Å². The lowest BCUT2D eigenvalue weighted by atomic mass is 9.78. The molecule has 0 spiro atoms. The number of nitrogens with zero attached hydrogens (tertiary/aromatic N) is 4. The topological polar surface area (TPSA) is 32.3 Å². The molecule has 0 aliphatic rings. The number of fused-ring (bicyclic) bond motifs is 2. The van der Waals surface area contributed by atoms with Crippen LogP contribution in [-0.4, -0.2) is 9.97 Å². The summed E-state index contributed by atoms with van der Waals surface area (Å²) in [7, 11) is 0. The number of thiazole rings is 2. The average molecular weight is 1150 g/mol. The summed E-state index contributed by atoms with van der Waals surface area (Å²) in [4.78, 5) is 16.7. The van der Waals surface area contributed by atoms with E-state index in [-0.39, 0.29) is 21.7 Å². The third-order valence-corrected chi connectivity index (χ3v) is 20.2. The molecule has 0 N–H and O–H groups in total. The first-order valence-corrected chi connectivity index (χ1v) is 31.4. The highest BCUT2D eigenvalue weighted by Gasteiger charge is 2.34. The highest BCUT2D eigenvalue weighted by molar-refractivity contribution is 7.24. The first kappa shape index (κ1) is 56.0. The van der Waals surface area contributed by atoms with E-state index in [1.165, 1.54) is 44.5 Å². The predicted molar refractivity (Wildman–Crippen MR) is 367 cm³/mol. The zero-order valence-corrected chi connectivity index (χ0v) is 51.8. The lowest BCUT2D eigenvalue weighted by Crippen LogP contribution is -2.20. The Kier molecular flexibility index (Phi) is 14.7. The maximum absolute atomic E-state index is 5.90. The van der Waals surface area contributed by atoms with Crippen LogP contribution in [-0.2, 0) is 21.7 Å². The quantitative estimate of drug-likeness (QED) is 0.0903. The van der Waals surface area contributed by atoms with Crippen LogP contribution < -0.4 is 9.80 Å². The van der Waals surface area contributed by atoms with E-state index in [0.29, 0.717) is 0 Å². The van der Waals surface area contributed by atoms with E-state index in [1.54, 1.807) is 22.7 Å². The molecule has 0 aliphatic heterocycles. The van der Waals surface area contributed by atoms with E-state index < -0.39 is 0 Å². The molecule has 86 heavy (non-hydrogen) atoms. The van der Waals surface area contributed by atoms with Crippen molar-refractivity contribution >= 4 is 77.2 Å². The zero-order chi connectivity index (χ0) is 59.2. The summed E-state index contributed by atoms with van der Waals surface area (Å²) in [6.07, 6.45) is 0. The Morgan fingerprint density at radius 3 is 0.663 bits per heavy atom. The molecular formula is C80H70N4S2. The van der Waals surface area contributed by atoms with Crippen LogP contribution in [0.1, 0.15) is 99.9 Å². The van der Waals surface area contributed by atoms with Gasteiger partial charge >= 0.3 is 0 Å². The van der Waals surface area contributed by atoms with Crippen LogP contribution in [0.25, 0.3) is 41.6 Å². The van der Waals surface area contributed by atoms with E-state index in [1.807, 2.05) is 0 Å². The number of hydrogen-bond donors (Lipinski definition) is 0. The Morgan fingerprint density at radius 1 is 0.244 bits per heavy atom. The maximum Gasteiger partial charge on any atom is 0.124 e. The van der Waals surface area contributed by atoms with Gasteiger partial charge in [0.25, 0.3) is 0 Å². The molecular weight excluding hydrogens is 1080 g/mol. The van der Waals surface area contributed by atoms with Gasteiger partial charge in [-0.1, -0.05) is 286 Å². The van der Waals surface area contributed by atoms with E-state index >= 15 is 0 Å². The largest absolute Gasteiger partial charge is 0.307 e. The molecule has 13 aromatic rings. The molecule has 0 saturated heterocycles. The van der Waals surface area contributed by atoms with Gasteiger partial charge in [0.15, 0.2) is 0 Å². The summed E-state index contributed by atoms with van der Waals surface area (Å²) < 4.78 is 2.07. The van der Waals surface area contributed by atoms with Crippen molar-refractivity contribution in [2.75, 3.05) is 9.80 Å². The van der Waals surface area contributed by atoms with Gasteiger partial charge in [-0.3, -0.25) is 0 Å². The van der Waals surface area contributed by atoms with Crippen LogP contribution in [0.4, 0.5) is 34.1 Å². The van der Waals surface area contributed by atoms with E-state index in [2.05, 4.69) is 344 Å². The molecule has 0 aliphatic carbocycles. The normalized spacial score (nSPS) is 12.2. The van der Waals surface area contributed by atoms with Gasteiger partial charge < -0.3 is 9.80 Å². The van der Waals surface area contributed by atoms with Crippen LogP contribution >= 0.6 is 22.7 Å². The van der Waals surface area contributed by atoms with E-state index in [4.69, 9.17) is 9.97 Å². The molecule has 2 heterocycles. The highest BCUT2D eigenvalue weighted by atomic mass is 32.1. The summed E-state index contributed by atoms with van der Waals surface area (Å²) in [5.74, 6) is 0. The molecule has 13 rings (SSSR count). The summed E-state index contributed by atoms with van der Waals surface area (Å²) in [6, 6.07) is 102. The Labute approximate surface area is 515 Å². The SMILES string of the molecule is CC(C)(c1ccccc1)c1ccc(N(c2ccc(C(C)(C)c3ccccc3)cc2)c2c3nc(-c4ccccc4)sc3c(N(c3ccc(C(C)(C)c4ccccc4)cc3)c3ccc(C(C)(C)c4ccccc4)cc3)c3nc(-c4ccccc4)sc23)cc1. The fourth-order valence-corrected chi connectivity index (χ4v) is 14.5. The van der Waals surface area contributed by atoms with Crippen molar-refractivity contribution in [2.45, 2.75) is 77.0 Å². The highest BCUT2D eigenvalue weighted by Crippen LogP contribution is 2.56. The molecule has 0 atom stereocenters. The fraction of sp³-hybridized carbons (Fsp3) is 0.150. The molecule has 6 heteroatoms. The number of rotatable bonds is 16. The number of anilines is 6. The first-order chi connectivity index (χ1) is 41.7. The molecule has 0 radical (unpaired) electrons. The number of hydrogen-bond acceptors (Lipinski definition) is 6. The predicted octanol–water partition coefficient (Wildman–Crippen LogP) is 22.5. The maximum atomic E-state index is 5.90. The Balaban J connectivity index is 1.10. The van der Waals surface area contributed by atoms with Crippen molar-refractivity contribution in [1.82, 2.24) is 9.97 Å². The fourth-order valence-electron chi connectivity index (χ4n) is 12.3. The van der Waals surface area contributed by atoms with Gasteiger partial charge in [-0.2, -0.15) is 0 Å². The molecule has 11 aromatic carbocycles. The third-order valence-electron chi connectivity index (χ3n) is 18.0. The minimum absolute atomic E-state index is 0.242. The molecule has 0 amide bonds. The van der Waals surface area contributed by atoms with Crippen LogP contribution in [0.2, 0.25) is 0 Å². The summed E-state index contributed by atoms with van der Waals surface area (Å²) in [5.41, 5.74) is 19.0. The van der Waals surface area contributed by atoms with Gasteiger partial charge in [-0.25, -0.2) is 9.97 Å². The monoisotopic (exact) mass is 1150 g/mol. The summed E-state index contributed by atoms with van der Waals surface area (Å²) >= 11 is 3.48. The van der Waals surface area contributed by atoms with Gasteiger partial charge in [0, 0.05) is 55.5 Å².